The van der Waals surface area contributed by atoms with E-state index < -0.39 is 0 Å². The zero-order valence-electron chi connectivity index (χ0n) is 10.0. The zero-order chi connectivity index (χ0) is 12.3. The zero-order valence-corrected chi connectivity index (χ0v) is 10.0. The summed E-state index contributed by atoms with van der Waals surface area (Å²) in [5.74, 6) is 0.829. The Bertz CT molecular complexity index is 503. The van der Waals surface area contributed by atoms with Crippen molar-refractivity contribution in [2.45, 2.75) is 6.92 Å². The monoisotopic (exact) mass is 228 g/mol. The fourth-order valence-corrected chi connectivity index (χ4v) is 1.75. The molecule has 3 heteroatoms. The number of nitrogens with two attached hydrogens (primary N) is 1. The summed E-state index contributed by atoms with van der Waals surface area (Å²) in [5.41, 5.74) is 9.66. The molecule has 0 heterocycles. The number of hydrogen-bond donors (Lipinski definition) is 2. The van der Waals surface area contributed by atoms with Crippen molar-refractivity contribution in [1.29, 1.82) is 0 Å². The molecule has 2 rings (SSSR count). The Balaban J connectivity index is 2.24. The van der Waals surface area contributed by atoms with Gasteiger partial charge in [-0.05, 0) is 42.8 Å². The van der Waals surface area contributed by atoms with E-state index in [0.29, 0.717) is 0 Å². The molecule has 0 fully saturated rings. The lowest BCUT2D eigenvalue weighted by Crippen LogP contribution is -1.94. The molecule has 2 aromatic carbocycles. The van der Waals surface area contributed by atoms with E-state index in [1.165, 1.54) is 0 Å². The van der Waals surface area contributed by atoms with E-state index in [-0.39, 0.29) is 0 Å². The third-order valence-electron chi connectivity index (χ3n) is 2.46. The van der Waals surface area contributed by atoms with Crippen molar-refractivity contribution in [1.82, 2.24) is 0 Å². The van der Waals surface area contributed by atoms with Crippen LogP contribution in [-0.2, 0) is 0 Å². The Kier molecular flexibility index (Phi) is 3.19. The van der Waals surface area contributed by atoms with Gasteiger partial charge < -0.3 is 15.8 Å². The minimum Gasteiger partial charge on any atom is -0.497 e. The first kappa shape index (κ1) is 11.3. The molecule has 0 spiro atoms. The van der Waals surface area contributed by atoms with Crippen LogP contribution in [0.15, 0.2) is 42.5 Å². The summed E-state index contributed by atoms with van der Waals surface area (Å²) >= 11 is 0. The van der Waals surface area contributed by atoms with Crippen LogP contribution < -0.4 is 15.8 Å². The molecule has 0 atom stereocenters. The van der Waals surface area contributed by atoms with Gasteiger partial charge in [0, 0.05) is 23.1 Å². The normalized spacial score (nSPS) is 10.0. The molecule has 0 aliphatic heterocycles. The summed E-state index contributed by atoms with van der Waals surface area (Å²) in [4.78, 5) is 0. The van der Waals surface area contributed by atoms with Gasteiger partial charge in [-0.1, -0.05) is 6.07 Å². The maximum atomic E-state index is 5.80. The molecule has 3 nitrogen and oxygen atoms in total. The van der Waals surface area contributed by atoms with Gasteiger partial charge in [0.05, 0.1) is 7.11 Å². The molecule has 0 amide bonds. The van der Waals surface area contributed by atoms with Crippen LogP contribution in [-0.4, -0.2) is 7.11 Å². The molecule has 0 saturated heterocycles. The van der Waals surface area contributed by atoms with E-state index in [1.54, 1.807) is 7.11 Å². The van der Waals surface area contributed by atoms with Crippen LogP contribution in [0.1, 0.15) is 5.56 Å². The smallest absolute Gasteiger partial charge is 0.120 e. The summed E-state index contributed by atoms with van der Waals surface area (Å²) in [6.45, 7) is 2.02. The number of ether oxygens (including phenoxy) is 1. The molecule has 2 aromatic rings. The van der Waals surface area contributed by atoms with Crippen molar-refractivity contribution in [3.63, 3.8) is 0 Å². The molecule has 0 aliphatic rings. The Hall–Kier alpha value is -2.16. The number of nitrogens with one attached hydrogen (secondary N) is 1. The van der Waals surface area contributed by atoms with Crippen LogP contribution in [0.5, 0.6) is 5.75 Å². The minimum absolute atomic E-state index is 0.760. The lowest BCUT2D eigenvalue weighted by molar-refractivity contribution is 0.415. The molecule has 3 N–H and O–H groups in total. The van der Waals surface area contributed by atoms with Crippen LogP contribution in [0.25, 0.3) is 0 Å². The fraction of sp³-hybridized carbons (Fsp3) is 0.143. The highest BCUT2D eigenvalue weighted by Gasteiger charge is 1.98. The second-order valence-electron chi connectivity index (χ2n) is 3.99. The largest absolute Gasteiger partial charge is 0.497 e. The highest BCUT2D eigenvalue weighted by molar-refractivity contribution is 5.65. The predicted molar refractivity (Wildman–Crippen MR) is 71.9 cm³/mol. The Morgan fingerprint density at radius 1 is 1.06 bits per heavy atom. The number of methoxy groups -OCH3 is 1. The van der Waals surface area contributed by atoms with Crippen molar-refractivity contribution < 1.29 is 4.74 Å². The molecule has 0 radical (unpaired) electrons. The average molecular weight is 228 g/mol. The van der Waals surface area contributed by atoms with Gasteiger partial charge in [-0.2, -0.15) is 0 Å². The van der Waals surface area contributed by atoms with E-state index in [1.807, 2.05) is 43.3 Å². The van der Waals surface area contributed by atoms with Crippen molar-refractivity contribution in [3.8, 4) is 5.75 Å². The van der Waals surface area contributed by atoms with E-state index in [4.69, 9.17) is 10.5 Å². The topological polar surface area (TPSA) is 47.3 Å². The summed E-state index contributed by atoms with van der Waals surface area (Å²) in [6, 6.07) is 13.7. The van der Waals surface area contributed by atoms with Crippen LogP contribution in [0, 0.1) is 6.92 Å². The Labute approximate surface area is 101 Å². The summed E-state index contributed by atoms with van der Waals surface area (Å²) in [5, 5.41) is 3.30. The van der Waals surface area contributed by atoms with Crippen molar-refractivity contribution in [2.75, 3.05) is 18.2 Å². The van der Waals surface area contributed by atoms with Gasteiger partial charge in [-0.25, -0.2) is 0 Å². The standard InChI is InChI=1S/C14H16N2O/c1-10-6-11(15)8-13(7-10)16-12-4-3-5-14(9-12)17-2/h3-9,16H,15H2,1-2H3. The van der Waals surface area contributed by atoms with Crippen LogP contribution >= 0.6 is 0 Å². The maximum absolute atomic E-state index is 5.80. The van der Waals surface area contributed by atoms with Gasteiger partial charge in [-0.15, -0.1) is 0 Å². The molecule has 0 bridgehead atoms. The Morgan fingerprint density at radius 3 is 2.59 bits per heavy atom. The predicted octanol–water partition coefficient (Wildman–Crippen LogP) is 3.33. The highest BCUT2D eigenvalue weighted by atomic mass is 16.5. The summed E-state index contributed by atoms with van der Waals surface area (Å²) < 4.78 is 5.18. The maximum Gasteiger partial charge on any atom is 0.120 e. The van der Waals surface area contributed by atoms with Gasteiger partial charge in [0.1, 0.15) is 5.75 Å². The number of benzene rings is 2. The quantitative estimate of drug-likeness (QED) is 0.792. The van der Waals surface area contributed by atoms with Gasteiger partial charge in [0.2, 0.25) is 0 Å². The SMILES string of the molecule is COc1cccc(Nc2cc(C)cc(N)c2)c1. The molecular formula is C14H16N2O. The summed E-state index contributed by atoms with van der Waals surface area (Å²) in [7, 11) is 1.66. The third kappa shape index (κ3) is 2.91. The van der Waals surface area contributed by atoms with Gasteiger partial charge in [-0.3, -0.25) is 0 Å². The van der Waals surface area contributed by atoms with Crippen LogP contribution in [0.2, 0.25) is 0 Å². The molecule has 17 heavy (non-hydrogen) atoms. The average Bonchev–Trinajstić information content (AvgIpc) is 2.28. The van der Waals surface area contributed by atoms with E-state index >= 15 is 0 Å². The van der Waals surface area contributed by atoms with Gasteiger partial charge in [0.25, 0.3) is 0 Å². The summed E-state index contributed by atoms with van der Waals surface area (Å²) in [6.07, 6.45) is 0. The van der Waals surface area contributed by atoms with Crippen molar-refractivity contribution in [3.05, 3.63) is 48.0 Å². The lowest BCUT2D eigenvalue weighted by Gasteiger charge is -2.09. The first-order valence-electron chi connectivity index (χ1n) is 5.45. The fourth-order valence-electron chi connectivity index (χ4n) is 1.75. The molecule has 0 unspecified atom stereocenters. The first-order valence-corrected chi connectivity index (χ1v) is 5.45. The molecule has 88 valence electrons. The Morgan fingerprint density at radius 2 is 1.88 bits per heavy atom. The molecule has 0 aliphatic carbocycles. The first-order chi connectivity index (χ1) is 8.17. The van der Waals surface area contributed by atoms with E-state index in [9.17, 15) is 0 Å². The second-order valence-corrected chi connectivity index (χ2v) is 3.99. The lowest BCUT2D eigenvalue weighted by atomic mass is 10.2. The highest BCUT2D eigenvalue weighted by Crippen LogP contribution is 2.23. The second kappa shape index (κ2) is 4.78. The number of rotatable bonds is 3. The molecular weight excluding hydrogens is 212 g/mol. The number of anilines is 3. The van der Waals surface area contributed by atoms with Gasteiger partial charge in [0.15, 0.2) is 0 Å². The van der Waals surface area contributed by atoms with Crippen molar-refractivity contribution >= 4 is 17.1 Å². The van der Waals surface area contributed by atoms with E-state index in [2.05, 4.69) is 11.4 Å². The van der Waals surface area contributed by atoms with Gasteiger partial charge >= 0.3 is 0 Å². The third-order valence-corrected chi connectivity index (χ3v) is 2.46. The number of nitrogen functional groups attached to an aromatic ring is 1. The van der Waals surface area contributed by atoms with Crippen molar-refractivity contribution in [2.24, 2.45) is 0 Å². The van der Waals surface area contributed by atoms with Crippen LogP contribution in [0.4, 0.5) is 17.1 Å². The van der Waals surface area contributed by atoms with E-state index in [0.717, 1.165) is 28.4 Å². The molecule has 0 saturated carbocycles. The molecule has 0 aromatic heterocycles. The number of aryl methyl sites for hydroxylation is 1. The van der Waals surface area contributed by atoms with Crippen LogP contribution in [0.3, 0.4) is 0 Å². The minimum atomic E-state index is 0.760. The number of hydrogen-bond acceptors (Lipinski definition) is 3.